The van der Waals surface area contributed by atoms with Gasteiger partial charge in [0.05, 0.1) is 23.2 Å². The van der Waals surface area contributed by atoms with Gasteiger partial charge in [0.2, 0.25) is 5.88 Å². The molecule has 3 rings (SSSR count). The molecule has 1 saturated heterocycles. The van der Waals surface area contributed by atoms with Crippen molar-refractivity contribution in [2.45, 2.75) is 12.2 Å². The van der Waals surface area contributed by atoms with Gasteiger partial charge in [0.25, 0.3) is 0 Å². The average molecular weight is 408 g/mol. The summed E-state index contributed by atoms with van der Waals surface area (Å²) < 4.78 is 11.8. The van der Waals surface area contributed by atoms with E-state index in [2.05, 4.69) is 4.98 Å². The number of nitriles is 1. The minimum Gasteiger partial charge on any atom is -0.468 e. The molecule has 9 heteroatoms. The first-order valence-corrected chi connectivity index (χ1v) is 8.81. The van der Waals surface area contributed by atoms with Crippen LogP contribution in [0.5, 0.6) is 5.88 Å². The summed E-state index contributed by atoms with van der Waals surface area (Å²) in [5.74, 6) is 0.117. The molecule has 140 valence electrons. The number of nitrogens with zero attached hydrogens (tertiary/aromatic N) is 3. The van der Waals surface area contributed by atoms with Crippen molar-refractivity contribution in [1.29, 1.82) is 5.26 Å². The van der Waals surface area contributed by atoms with Crippen molar-refractivity contribution in [3.05, 3.63) is 57.7 Å². The predicted molar refractivity (Wildman–Crippen MR) is 98.1 cm³/mol. The van der Waals surface area contributed by atoms with Gasteiger partial charge in [0, 0.05) is 12.7 Å². The van der Waals surface area contributed by atoms with Crippen LogP contribution >= 0.6 is 23.2 Å². The Kier molecular flexibility index (Phi) is 6.01. The normalized spacial score (nSPS) is 19.8. The molecule has 0 unspecified atom stereocenters. The summed E-state index contributed by atoms with van der Waals surface area (Å²) >= 11 is 12.1. The SMILES string of the molecule is N#Cc1cccnc1O[C@@H]1CN(C(=O)O)CCO[C@H]1c1ccc(Cl)c(Cl)c1. The third-order valence-electron chi connectivity index (χ3n) is 4.09. The Morgan fingerprint density at radius 2 is 2.19 bits per heavy atom. The minimum absolute atomic E-state index is 0.0433. The van der Waals surface area contributed by atoms with Crippen LogP contribution in [0.2, 0.25) is 10.0 Å². The smallest absolute Gasteiger partial charge is 0.407 e. The first-order chi connectivity index (χ1) is 13.0. The highest BCUT2D eigenvalue weighted by Gasteiger charge is 2.34. The quantitative estimate of drug-likeness (QED) is 0.831. The van der Waals surface area contributed by atoms with Gasteiger partial charge >= 0.3 is 6.09 Å². The van der Waals surface area contributed by atoms with Crippen LogP contribution in [0.1, 0.15) is 17.2 Å². The van der Waals surface area contributed by atoms with E-state index in [9.17, 15) is 15.2 Å². The second-order valence-electron chi connectivity index (χ2n) is 5.82. The number of pyridine rings is 1. The van der Waals surface area contributed by atoms with Gasteiger partial charge in [0.1, 0.15) is 23.8 Å². The number of hydrogen-bond acceptors (Lipinski definition) is 5. The number of benzene rings is 1. The Hall–Kier alpha value is -2.53. The lowest BCUT2D eigenvalue weighted by atomic mass is 10.0. The van der Waals surface area contributed by atoms with Crippen LogP contribution in [-0.2, 0) is 4.74 Å². The number of carboxylic acid groups (broad SMARTS) is 1. The van der Waals surface area contributed by atoms with E-state index in [1.54, 1.807) is 30.3 Å². The molecule has 1 fully saturated rings. The van der Waals surface area contributed by atoms with Crippen LogP contribution in [0.25, 0.3) is 0 Å². The number of hydrogen-bond donors (Lipinski definition) is 1. The molecule has 27 heavy (non-hydrogen) atoms. The summed E-state index contributed by atoms with van der Waals surface area (Å²) in [6, 6.07) is 10.2. The van der Waals surface area contributed by atoms with Gasteiger partial charge < -0.3 is 19.5 Å². The van der Waals surface area contributed by atoms with Gasteiger partial charge in [-0.2, -0.15) is 5.26 Å². The largest absolute Gasteiger partial charge is 0.468 e. The molecular weight excluding hydrogens is 393 g/mol. The van der Waals surface area contributed by atoms with Gasteiger partial charge in [-0.15, -0.1) is 0 Å². The molecule has 1 aromatic carbocycles. The average Bonchev–Trinajstić information content (AvgIpc) is 2.87. The maximum Gasteiger partial charge on any atom is 0.407 e. The lowest BCUT2D eigenvalue weighted by Crippen LogP contribution is -2.40. The van der Waals surface area contributed by atoms with Crippen LogP contribution in [-0.4, -0.2) is 46.9 Å². The fraction of sp³-hybridized carbons (Fsp3) is 0.278. The molecule has 1 amide bonds. The molecule has 1 aromatic heterocycles. The maximum absolute atomic E-state index is 11.5. The molecular formula is C18H15Cl2N3O4. The van der Waals surface area contributed by atoms with E-state index >= 15 is 0 Å². The molecule has 0 spiro atoms. The Morgan fingerprint density at radius 3 is 2.89 bits per heavy atom. The van der Waals surface area contributed by atoms with E-state index in [0.717, 1.165) is 0 Å². The molecule has 0 aliphatic carbocycles. The van der Waals surface area contributed by atoms with E-state index in [1.807, 2.05) is 6.07 Å². The summed E-state index contributed by atoms with van der Waals surface area (Å²) in [5.41, 5.74) is 0.938. The first kappa shape index (κ1) is 19.2. The fourth-order valence-electron chi connectivity index (χ4n) is 2.79. The van der Waals surface area contributed by atoms with Crippen LogP contribution in [0.15, 0.2) is 36.5 Å². The predicted octanol–water partition coefficient (Wildman–Crippen LogP) is 3.76. The van der Waals surface area contributed by atoms with E-state index in [4.69, 9.17) is 32.7 Å². The summed E-state index contributed by atoms with van der Waals surface area (Å²) in [7, 11) is 0. The van der Waals surface area contributed by atoms with Crippen molar-refractivity contribution in [2.24, 2.45) is 0 Å². The van der Waals surface area contributed by atoms with Gasteiger partial charge in [0.15, 0.2) is 0 Å². The van der Waals surface area contributed by atoms with Crippen molar-refractivity contribution in [1.82, 2.24) is 9.88 Å². The third kappa shape index (κ3) is 4.42. The minimum atomic E-state index is -1.08. The standard InChI is InChI=1S/C18H15Cl2N3O4/c19-13-4-3-11(8-14(13)20)16-15(10-23(18(24)25)6-7-26-16)27-17-12(9-21)2-1-5-22-17/h1-5,8,15-16H,6-7,10H2,(H,24,25)/t15-,16+/m1/s1. The highest BCUT2D eigenvalue weighted by atomic mass is 35.5. The van der Waals surface area contributed by atoms with Crippen LogP contribution in [0, 0.1) is 11.3 Å². The highest BCUT2D eigenvalue weighted by molar-refractivity contribution is 6.42. The molecule has 7 nitrogen and oxygen atoms in total. The number of carbonyl (C=O) groups is 1. The third-order valence-corrected chi connectivity index (χ3v) is 4.83. The molecule has 1 aliphatic rings. The number of amides is 1. The summed E-state index contributed by atoms with van der Waals surface area (Å²) in [6.07, 6.45) is -0.930. The number of halogens is 2. The number of rotatable bonds is 3. The second-order valence-corrected chi connectivity index (χ2v) is 6.63. The Morgan fingerprint density at radius 1 is 1.37 bits per heavy atom. The molecule has 1 aliphatic heterocycles. The molecule has 1 N–H and O–H groups in total. The summed E-state index contributed by atoms with van der Waals surface area (Å²) in [6.45, 7) is 0.423. The summed E-state index contributed by atoms with van der Waals surface area (Å²) in [4.78, 5) is 16.8. The van der Waals surface area contributed by atoms with Gasteiger partial charge in [-0.1, -0.05) is 29.3 Å². The van der Waals surface area contributed by atoms with Gasteiger partial charge in [-0.05, 0) is 29.8 Å². The van der Waals surface area contributed by atoms with Crippen molar-refractivity contribution < 1.29 is 19.4 Å². The second kappa shape index (κ2) is 8.44. The lowest BCUT2D eigenvalue weighted by molar-refractivity contribution is -0.0110. The van der Waals surface area contributed by atoms with E-state index < -0.39 is 18.3 Å². The monoisotopic (exact) mass is 407 g/mol. The highest BCUT2D eigenvalue weighted by Crippen LogP contribution is 2.32. The van der Waals surface area contributed by atoms with Gasteiger partial charge in [-0.25, -0.2) is 9.78 Å². The lowest BCUT2D eigenvalue weighted by Gasteiger charge is -2.27. The summed E-state index contributed by atoms with van der Waals surface area (Å²) in [5, 5.41) is 19.4. The molecule has 0 radical (unpaired) electrons. The van der Waals surface area contributed by atoms with Crippen molar-refractivity contribution in [3.8, 4) is 11.9 Å². The van der Waals surface area contributed by atoms with E-state index in [1.165, 1.54) is 11.1 Å². The first-order valence-electron chi connectivity index (χ1n) is 8.06. The Bertz CT molecular complexity index is 887. The molecule has 0 saturated carbocycles. The topological polar surface area (TPSA) is 95.7 Å². The molecule has 2 aromatic rings. The van der Waals surface area contributed by atoms with Crippen LogP contribution in [0.3, 0.4) is 0 Å². The Balaban J connectivity index is 1.96. The number of ether oxygens (including phenoxy) is 2. The zero-order valence-corrected chi connectivity index (χ0v) is 15.5. The zero-order valence-electron chi connectivity index (χ0n) is 14.0. The van der Waals surface area contributed by atoms with Crippen LogP contribution in [0.4, 0.5) is 4.79 Å². The Labute approximate surface area is 165 Å². The maximum atomic E-state index is 11.5. The van der Waals surface area contributed by atoms with Crippen molar-refractivity contribution >= 4 is 29.3 Å². The fourth-order valence-corrected chi connectivity index (χ4v) is 3.09. The van der Waals surface area contributed by atoms with Crippen LogP contribution < -0.4 is 4.74 Å². The van der Waals surface area contributed by atoms with Crippen molar-refractivity contribution in [3.63, 3.8) is 0 Å². The van der Waals surface area contributed by atoms with Crippen molar-refractivity contribution in [2.75, 3.05) is 19.7 Å². The zero-order chi connectivity index (χ0) is 19.4. The molecule has 0 bridgehead atoms. The molecule has 2 heterocycles. The van der Waals surface area contributed by atoms with Gasteiger partial charge in [-0.3, -0.25) is 0 Å². The molecule has 2 atom stereocenters. The van der Waals surface area contributed by atoms with E-state index in [-0.39, 0.29) is 31.1 Å². The number of aromatic nitrogens is 1. The van der Waals surface area contributed by atoms with E-state index in [0.29, 0.717) is 15.6 Å².